The number of anilines is 1. The Balaban J connectivity index is 1.62. The lowest BCUT2D eigenvalue weighted by molar-refractivity contribution is -0.384. The van der Waals surface area contributed by atoms with Crippen LogP contribution in [-0.4, -0.2) is 29.6 Å². The molecule has 3 aromatic carbocycles. The smallest absolute Gasteiger partial charge is 0.343 e. The SMILES string of the molecule is Cc1cccc(NCC(=O)N/N=C\c2cc(Br)ccc2OC(=O)c2ccc([N+](=O)[O-])cc2)c1. The van der Waals surface area contributed by atoms with Crippen LogP contribution in [0.5, 0.6) is 5.75 Å². The van der Waals surface area contributed by atoms with E-state index >= 15 is 0 Å². The first kappa shape index (κ1) is 23.6. The molecule has 0 aliphatic carbocycles. The van der Waals surface area contributed by atoms with Crippen molar-refractivity contribution in [1.29, 1.82) is 0 Å². The maximum absolute atomic E-state index is 12.4. The molecule has 0 radical (unpaired) electrons. The zero-order valence-electron chi connectivity index (χ0n) is 17.4. The number of carbonyl (C=O) groups excluding carboxylic acids is 2. The molecule has 0 bridgehead atoms. The second kappa shape index (κ2) is 11.0. The van der Waals surface area contributed by atoms with Crippen molar-refractivity contribution in [3.8, 4) is 5.75 Å². The molecular formula is C23H19BrN4O5. The van der Waals surface area contributed by atoms with E-state index in [2.05, 4.69) is 31.8 Å². The van der Waals surface area contributed by atoms with Crippen molar-refractivity contribution in [3.63, 3.8) is 0 Å². The molecule has 9 nitrogen and oxygen atoms in total. The Morgan fingerprint density at radius 1 is 1.12 bits per heavy atom. The third-order valence-corrected chi connectivity index (χ3v) is 4.85. The van der Waals surface area contributed by atoms with E-state index in [1.54, 1.807) is 18.2 Å². The lowest BCUT2D eigenvalue weighted by Crippen LogP contribution is -2.25. The van der Waals surface area contributed by atoms with E-state index in [4.69, 9.17) is 4.74 Å². The Labute approximate surface area is 197 Å². The minimum Gasteiger partial charge on any atom is -0.422 e. The van der Waals surface area contributed by atoms with Gasteiger partial charge in [-0.05, 0) is 55.0 Å². The Morgan fingerprint density at radius 2 is 1.88 bits per heavy atom. The molecule has 0 fully saturated rings. The highest BCUT2D eigenvalue weighted by Gasteiger charge is 2.14. The molecule has 33 heavy (non-hydrogen) atoms. The normalized spacial score (nSPS) is 10.6. The van der Waals surface area contributed by atoms with Crippen LogP contribution >= 0.6 is 15.9 Å². The molecule has 0 heterocycles. The fourth-order valence-corrected chi connectivity index (χ4v) is 3.12. The molecule has 0 aliphatic rings. The summed E-state index contributed by atoms with van der Waals surface area (Å²) in [6.45, 7) is 1.99. The minimum atomic E-state index is -0.687. The molecule has 3 aromatic rings. The summed E-state index contributed by atoms with van der Waals surface area (Å²) in [6, 6.07) is 17.6. The van der Waals surface area contributed by atoms with Gasteiger partial charge in [0.2, 0.25) is 0 Å². The van der Waals surface area contributed by atoms with E-state index in [-0.39, 0.29) is 29.5 Å². The number of hydrogen-bond donors (Lipinski definition) is 2. The molecule has 0 saturated carbocycles. The van der Waals surface area contributed by atoms with E-state index in [1.807, 2.05) is 31.2 Å². The van der Waals surface area contributed by atoms with E-state index in [9.17, 15) is 19.7 Å². The molecule has 10 heteroatoms. The number of carbonyl (C=O) groups is 2. The van der Waals surface area contributed by atoms with Crippen molar-refractivity contribution in [2.45, 2.75) is 6.92 Å². The first-order valence-corrected chi connectivity index (χ1v) is 10.5. The number of nitro benzene ring substituents is 1. The maximum atomic E-state index is 12.4. The number of ether oxygens (including phenoxy) is 1. The summed E-state index contributed by atoms with van der Waals surface area (Å²) >= 11 is 3.34. The molecule has 0 aromatic heterocycles. The van der Waals surface area contributed by atoms with Crippen LogP contribution in [0.25, 0.3) is 0 Å². The summed E-state index contributed by atoms with van der Waals surface area (Å²) in [7, 11) is 0. The van der Waals surface area contributed by atoms with E-state index in [1.165, 1.54) is 30.5 Å². The average Bonchev–Trinajstić information content (AvgIpc) is 2.79. The molecule has 168 valence electrons. The lowest BCUT2D eigenvalue weighted by Gasteiger charge is -2.08. The highest BCUT2D eigenvalue weighted by molar-refractivity contribution is 9.10. The Hall–Kier alpha value is -4.05. The highest BCUT2D eigenvalue weighted by atomic mass is 79.9. The third kappa shape index (κ3) is 6.97. The number of aryl methyl sites for hydroxylation is 1. The van der Waals surface area contributed by atoms with Crippen LogP contribution in [0.2, 0.25) is 0 Å². The second-order valence-electron chi connectivity index (χ2n) is 6.89. The molecule has 3 rings (SSSR count). The number of non-ortho nitro benzene ring substituents is 1. The number of nitro groups is 1. The topological polar surface area (TPSA) is 123 Å². The van der Waals surface area contributed by atoms with Crippen molar-refractivity contribution in [2.75, 3.05) is 11.9 Å². The van der Waals surface area contributed by atoms with Crippen molar-refractivity contribution in [2.24, 2.45) is 5.10 Å². The van der Waals surface area contributed by atoms with Crippen molar-refractivity contribution >= 4 is 45.4 Å². The number of benzene rings is 3. The molecule has 0 atom stereocenters. The number of esters is 1. The quantitative estimate of drug-likeness (QED) is 0.152. The van der Waals surface area contributed by atoms with Crippen LogP contribution in [-0.2, 0) is 4.79 Å². The Bertz CT molecular complexity index is 1210. The summed E-state index contributed by atoms with van der Waals surface area (Å²) in [5, 5.41) is 17.7. The summed E-state index contributed by atoms with van der Waals surface area (Å²) < 4.78 is 6.13. The monoisotopic (exact) mass is 510 g/mol. The van der Waals surface area contributed by atoms with Gasteiger partial charge >= 0.3 is 5.97 Å². The van der Waals surface area contributed by atoms with Crippen LogP contribution in [0.15, 0.2) is 76.3 Å². The largest absolute Gasteiger partial charge is 0.422 e. The van der Waals surface area contributed by atoms with E-state index < -0.39 is 10.9 Å². The van der Waals surface area contributed by atoms with Gasteiger partial charge in [-0.25, -0.2) is 10.2 Å². The van der Waals surface area contributed by atoms with Gasteiger partial charge in [-0.15, -0.1) is 0 Å². The molecule has 0 aliphatic heterocycles. The predicted octanol–water partition coefficient (Wildman–Crippen LogP) is 4.45. The predicted molar refractivity (Wildman–Crippen MR) is 128 cm³/mol. The number of halogens is 1. The van der Waals surface area contributed by atoms with Gasteiger partial charge in [0.05, 0.1) is 23.2 Å². The molecule has 0 spiro atoms. The Morgan fingerprint density at radius 3 is 2.58 bits per heavy atom. The fraction of sp³-hybridized carbons (Fsp3) is 0.0870. The van der Waals surface area contributed by atoms with Crippen molar-refractivity contribution in [1.82, 2.24) is 5.43 Å². The molecule has 1 amide bonds. The first-order chi connectivity index (χ1) is 15.8. The van der Waals surface area contributed by atoms with E-state index in [0.29, 0.717) is 10.0 Å². The standard InChI is InChI=1S/C23H19BrN4O5/c1-15-3-2-4-19(11-15)25-14-22(29)27-26-13-17-12-18(24)7-10-21(17)33-23(30)16-5-8-20(9-6-16)28(31)32/h2-13,25H,14H2,1H3,(H,27,29)/b26-13-. The van der Waals surface area contributed by atoms with Crippen LogP contribution in [0, 0.1) is 17.0 Å². The van der Waals surface area contributed by atoms with Crippen LogP contribution < -0.4 is 15.5 Å². The van der Waals surface area contributed by atoms with Gasteiger partial charge in [-0.1, -0.05) is 28.1 Å². The van der Waals surface area contributed by atoms with Crippen LogP contribution in [0.1, 0.15) is 21.5 Å². The fourth-order valence-electron chi connectivity index (χ4n) is 2.74. The maximum Gasteiger partial charge on any atom is 0.343 e. The number of amides is 1. The zero-order chi connectivity index (χ0) is 23.8. The number of hydrazone groups is 1. The van der Waals surface area contributed by atoms with Gasteiger partial charge in [-0.2, -0.15) is 5.10 Å². The lowest BCUT2D eigenvalue weighted by atomic mass is 10.2. The van der Waals surface area contributed by atoms with Crippen molar-refractivity contribution < 1.29 is 19.2 Å². The molecule has 0 unspecified atom stereocenters. The summed E-state index contributed by atoms with van der Waals surface area (Å²) in [4.78, 5) is 34.7. The molecule has 0 saturated heterocycles. The van der Waals surface area contributed by atoms with Gasteiger partial charge in [0.15, 0.2) is 0 Å². The van der Waals surface area contributed by atoms with E-state index in [0.717, 1.165) is 11.3 Å². The van der Waals surface area contributed by atoms with Gasteiger partial charge in [0.1, 0.15) is 5.75 Å². The van der Waals surface area contributed by atoms with Gasteiger partial charge < -0.3 is 10.1 Å². The van der Waals surface area contributed by atoms with Gasteiger partial charge in [0.25, 0.3) is 11.6 Å². The average molecular weight is 511 g/mol. The minimum absolute atomic E-state index is 0.0290. The van der Waals surface area contributed by atoms with Crippen LogP contribution in [0.3, 0.4) is 0 Å². The van der Waals surface area contributed by atoms with Gasteiger partial charge in [0, 0.05) is 27.9 Å². The summed E-state index contributed by atoms with van der Waals surface area (Å²) in [5.74, 6) is -0.835. The Kier molecular flexibility index (Phi) is 7.87. The van der Waals surface area contributed by atoms with Gasteiger partial charge in [-0.3, -0.25) is 14.9 Å². The van der Waals surface area contributed by atoms with Crippen LogP contribution in [0.4, 0.5) is 11.4 Å². The molecular weight excluding hydrogens is 492 g/mol. The highest BCUT2D eigenvalue weighted by Crippen LogP contribution is 2.23. The molecule has 2 N–H and O–H groups in total. The third-order valence-electron chi connectivity index (χ3n) is 4.35. The zero-order valence-corrected chi connectivity index (χ0v) is 19.0. The number of nitrogens with one attached hydrogen (secondary N) is 2. The second-order valence-corrected chi connectivity index (χ2v) is 7.81. The number of nitrogens with zero attached hydrogens (tertiary/aromatic N) is 2. The number of hydrogen-bond acceptors (Lipinski definition) is 7. The number of rotatable bonds is 8. The summed E-state index contributed by atoms with van der Waals surface area (Å²) in [6.07, 6.45) is 1.35. The summed E-state index contributed by atoms with van der Waals surface area (Å²) in [5.41, 5.74) is 4.77. The first-order valence-electron chi connectivity index (χ1n) is 9.70. The van der Waals surface area contributed by atoms with Crippen molar-refractivity contribution in [3.05, 3.63) is 98.0 Å².